The average Bonchev–Trinajstić information content (AvgIpc) is 2.65. The summed E-state index contributed by atoms with van der Waals surface area (Å²) in [4.78, 5) is 2.74. The Morgan fingerprint density at radius 2 is 1.94 bits per heavy atom. The molecule has 1 spiro atoms. The first-order valence-corrected chi connectivity index (χ1v) is 6.82. The molecule has 16 heavy (non-hydrogen) atoms. The van der Waals surface area contributed by atoms with Crippen LogP contribution >= 0.6 is 0 Å². The third-order valence-corrected chi connectivity index (χ3v) is 4.70. The smallest absolute Gasteiger partial charge is 0.0657 e. The van der Waals surface area contributed by atoms with Gasteiger partial charge in [0, 0.05) is 12.1 Å². The van der Waals surface area contributed by atoms with Crippen molar-refractivity contribution in [2.75, 3.05) is 19.7 Å². The minimum atomic E-state index is 0.0162. The van der Waals surface area contributed by atoms with Gasteiger partial charge < -0.3 is 4.74 Å². The quantitative estimate of drug-likeness (QED) is 0.714. The summed E-state index contributed by atoms with van der Waals surface area (Å²) in [5, 5.41) is 0. The molecule has 2 heterocycles. The Labute approximate surface area is 99.3 Å². The highest BCUT2D eigenvalue weighted by atomic mass is 16.5. The summed E-state index contributed by atoms with van der Waals surface area (Å²) < 4.78 is 6.10. The molecule has 2 heteroatoms. The average molecular weight is 223 g/mol. The van der Waals surface area contributed by atoms with Crippen LogP contribution in [0, 0.1) is 5.41 Å². The van der Waals surface area contributed by atoms with Crippen LogP contribution in [0.15, 0.2) is 0 Å². The van der Waals surface area contributed by atoms with Gasteiger partial charge in [0.2, 0.25) is 0 Å². The van der Waals surface area contributed by atoms with E-state index in [9.17, 15) is 0 Å². The van der Waals surface area contributed by atoms with Crippen molar-refractivity contribution in [2.45, 2.75) is 64.0 Å². The molecule has 0 aromatic rings. The zero-order valence-corrected chi connectivity index (χ0v) is 11.0. The van der Waals surface area contributed by atoms with Crippen LogP contribution in [-0.2, 0) is 4.74 Å². The molecule has 0 aromatic carbocycles. The fraction of sp³-hybridized carbons (Fsp3) is 1.00. The van der Waals surface area contributed by atoms with Crippen LogP contribution in [0.3, 0.4) is 0 Å². The van der Waals surface area contributed by atoms with Crippen LogP contribution in [0.2, 0.25) is 0 Å². The highest BCUT2D eigenvalue weighted by Crippen LogP contribution is 2.60. The first-order chi connectivity index (χ1) is 7.43. The van der Waals surface area contributed by atoms with Gasteiger partial charge in [-0.2, -0.15) is 0 Å². The minimum absolute atomic E-state index is 0.0162. The van der Waals surface area contributed by atoms with Crippen LogP contribution in [0.5, 0.6) is 0 Å². The molecule has 0 bridgehead atoms. The summed E-state index contributed by atoms with van der Waals surface area (Å²) >= 11 is 0. The Morgan fingerprint density at radius 3 is 2.56 bits per heavy atom. The number of rotatable bonds is 2. The summed E-state index contributed by atoms with van der Waals surface area (Å²) in [6.45, 7) is 10.1. The third kappa shape index (κ3) is 1.80. The van der Waals surface area contributed by atoms with Gasteiger partial charge >= 0.3 is 0 Å². The molecular weight excluding hydrogens is 198 g/mol. The SMILES string of the molecule is CC(C)(C)OCC12CCCN1CC1(CC1)C2. The van der Waals surface area contributed by atoms with Crippen LogP contribution in [0.25, 0.3) is 0 Å². The monoisotopic (exact) mass is 223 g/mol. The van der Waals surface area contributed by atoms with Crippen LogP contribution in [-0.4, -0.2) is 35.7 Å². The summed E-state index contributed by atoms with van der Waals surface area (Å²) in [6, 6.07) is 0. The maximum absolute atomic E-state index is 6.10. The minimum Gasteiger partial charge on any atom is -0.374 e. The maximum atomic E-state index is 6.10. The van der Waals surface area contributed by atoms with Gasteiger partial charge in [-0.3, -0.25) is 4.90 Å². The Balaban J connectivity index is 1.70. The van der Waals surface area contributed by atoms with Gasteiger partial charge in [0.15, 0.2) is 0 Å². The van der Waals surface area contributed by atoms with E-state index in [0.29, 0.717) is 5.54 Å². The van der Waals surface area contributed by atoms with E-state index in [0.717, 1.165) is 12.0 Å². The highest BCUT2D eigenvalue weighted by Gasteiger charge is 2.60. The first kappa shape index (κ1) is 11.0. The molecule has 3 aliphatic rings. The number of ether oxygens (including phenoxy) is 1. The summed E-state index contributed by atoms with van der Waals surface area (Å²) in [5.74, 6) is 0. The second-order valence-corrected chi connectivity index (χ2v) is 7.33. The van der Waals surface area contributed by atoms with Crippen molar-refractivity contribution in [3.8, 4) is 0 Å². The molecule has 2 aliphatic heterocycles. The topological polar surface area (TPSA) is 12.5 Å². The van der Waals surface area contributed by atoms with Crippen LogP contribution in [0.1, 0.15) is 52.9 Å². The lowest BCUT2D eigenvalue weighted by Crippen LogP contribution is -2.44. The molecule has 0 N–H and O–H groups in total. The molecular formula is C14H25NO. The Morgan fingerprint density at radius 1 is 1.19 bits per heavy atom. The molecule has 1 atom stereocenters. The molecule has 3 fully saturated rings. The van der Waals surface area contributed by atoms with Crippen molar-refractivity contribution in [3.05, 3.63) is 0 Å². The van der Waals surface area contributed by atoms with E-state index >= 15 is 0 Å². The fourth-order valence-corrected chi connectivity index (χ4v) is 3.68. The number of hydrogen-bond acceptors (Lipinski definition) is 2. The molecule has 2 saturated heterocycles. The predicted octanol–water partition coefficient (Wildman–Crippen LogP) is 2.82. The van der Waals surface area contributed by atoms with Crippen molar-refractivity contribution in [2.24, 2.45) is 5.41 Å². The van der Waals surface area contributed by atoms with E-state index in [4.69, 9.17) is 4.74 Å². The summed E-state index contributed by atoms with van der Waals surface area (Å²) in [7, 11) is 0. The fourth-order valence-electron chi connectivity index (χ4n) is 3.68. The van der Waals surface area contributed by atoms with Crippen LogP contribution < -0.4 is 0 Å². The largest absolute Gasteiger partial charge is 0.374 e. The molecule has 1 aliphatic carbocycles. The molecule has 0 amide bonds. The lowest BCUT2D eigenvalue weighted by atomic mass is 9.89. The zero-order chi connectivity index (χ0) is 11.4. The van der Waals surface area contributed by atoms with Crippen molar-refractivity contribution < 1.29 is 4.74 Å². The standard InChI is InChI=1S/C14H25NO/c1-12(2,3)16-11-14-5-4-8-15(14)10-13(9-14)6-7-13/h4-11H2,1-3H3. The number of fused-ring (bicyclic) bond motifs is 1. The summed E-state index contributed by atoms with van der Waals surface area (Å²) in [6.07, 6.45) is 7.10. The van der Waals surface area contributed by atoms with Crippen molar-refractivity contribution in [3.63, 3.8) is 0 Å². The molecule has 92 valence electrons. The van der Waals surface area contributed by atoms with Gasteiger partial charge in [-0.05, 0) is 64.8 Å². The van der Waals surface area contributed by atoms with Gasteiger partial charge in [-0.15, -0.1) is 0 Å². The molecule has 3 rings (SSSR count). The summed E-state index contributed by atoms with van der Waals surface area (Å²) in [5.41, 5.74) is 1.16. The number of nitrogens with zero attached hydrogens (tertiary/aromatic N) is 1. The van der Waals surface area contributed by atoms with E-state index in [1.165, 1.54) is 45.2 Å². The molecule has 0 aromatic heterocycles. The maximum Gasteiger partial charge on any atom is 0.0657 e. The van der Waals surface area contributed by atoms with Gasteiger partial charge in [0.05, 0.1) is 12.2 Å². The van der Waals surface area contributed by atoms with E-state index in [1.54, 1.807) is 0 Å². The van der Waals surface area contributed by atoms with E-state index in [-0.39, 0.29) is 5.60 Å². The Bertz CT molecular complexity index is 290. The van der Waals surface area contributed by atoms with Gasteiger partial charge in [-0.1, -0.05) is 0 Å². The first-order valence-electron chi connectivity index (χ1n) is 6.82. The molecule has 1 unspecified atom stereocenters. The Hall–Kier alpha value is -0.0800. The van der Waals surface area contributed by atoms with E-state index in [2.05, 4.69) is 25.7 Å². The van der Waals surface area contributed by atoms with Gasteiger partial charge in [-0.25, -0.2) is 0 Å². The van der Waals surface area contributed by atoms with Crippen LogP contribution in [0.4, 0.5) is 0 Å². The predicted molar refractivity (Wildman–Crippen MR) is 65.5 cm³/mol. The normalized spacial score (nSPS) is 36.9. The lowest BCUT2D eigenvalue weighted by Gasteiger charge is -2.34. The van der Waals surface area contributed by atoms with E-state index < -0.39 is 0 Å². The second kappa shape index (κ2) is 3.23. The molecule has 0 radical (unpaired) electrons. The molecule has 1 saturated carbocycles. The number of hydrogen-bond donors (Lipinski definition) is 0. The second-order valence-electron chi connectivity index (χ2n) is 7.33. The van der Waals surface area contributed by atoms with Gasteiger partial charge in [0.1, 0.15) is 0 Å². The third-order valence-electron chi connectivity index (χ3n) is 4.70. The van der Waals surface area contributed by atoms with Gasteiger partial charge in [0.25, 0.3) is 0 Å². The van der Waals surface area contributed by atoms with Crippen molar-refractivity contribution in [1.82, 2.24) is 4.90 Å². The van der Waals surface area contributed by atoms with Crippen molar-refractivity contribution >= 4 is 0 Å². The highest BCUT2D eigenvalue weighted by molar-refractivity contribution is 5.14. The Kier molecular flexibility index (Phi) is 2.23. The van der Waals surface area contributed by atoms with Crippen molar-refractivity contribution in [1.29, 1.82) is 0 Å². The zero-order valence-electron chi connectivity index (χ0n) is 11.0. The lowest BCUT2D eigenvalue weighted by molar-refractivity contribution is -0.0525. The van der Waals surface area contributed by atoms with E-state index in [1.807, 2.05) is 0 Å². The molecule has 2 nitrogen and oxygen atoms in total.